The van der Waals surface area contributed by atoms with Gasteiger partial charge in [0, 0.05) is 12.8 Å². The summed E-state index contributed by atoms with van der Waals surface area (Å²) in [5.41, 5.74) is 0. The van der Waals surface area contributed by atoms with Crippen molar-refractivity contribution in [2.45, 2.75) is 204 Å². The first kappa shape index (κ1) is 46.9. The van der Waals surface area contributed by atoms with Gasteiger partial charge in [0.2, 0.25) is 0 Å². The maximum absolute atomic E-state index is 12.7. The van der Waals surface area contributed by atoms with Gasteiger partial charge in [0.1, 0.15) is 43.2 Å². The standard InChI is InChI=1S/C36H69O13P/c1-3-5-7-9-11-13-14-15-17-19-21-23-25-30(38)48-28(26-46-29(37)24-22-20-18-16-12-10-8-6-4-2)27-47-50(44,45)49-36-34(42)32(40)31(39)33(41)35(36)43/h28,31-36,39-43H,3-27H2,1-2H3,(H,44,45). The SMILES string of the molecule is CCCCCCCCCCCCCCC(=O)OC(COC(=O)CCCCCCCCCCC)COP(=O)(O)OC1C(O)C(O)C(O)C(O)C1O. The van der Waals surface area contributed by atoms with Gasteiger partial charge in [-0.25, -0.2) is 4.57 Å². The number of rotatable bonds is 31. The summed E-state index contributed by atoms with van der Waals surface area (Å²) in [6, 6.07) is 0. The van der Waals surface area contributed by atoms with Gasteiger partial charge in [0.25, 0.3) is 0 Å². The molecule has 0 aliphatic heterocycles. The lowest BCUT2D eigenvalue weighted by Crippen LogP contribution is -2.64. The monoisotopic (exact) mass is 740 g/mol. The minimum absolute atomic E-state index is 0.103. The molecule has 0 aromatic carbocycles. The first-order chi connectivity index (χ1) is 23.9. The van der Waals surface area contributed by atoms with Crippen molar-refractivity contribution in [1.29, 1.82) is 0 Å². The Morgan fingerprint density at radius 3 is 1.32 bits per heavy atom. The lowest BCUT2D eigenvalue weighted by atomic mass is 9.85. The Hall–Kier alpha value is -1.15. The number of phosphoric acid groups is 1. The van der Waals surface area contributed by atoms with Gasteiger partial charge in [0.15, 0.2) is 6.10 Å². The summed E-state index contributed by atoms with van der Waals surface area (Å²) in [7, 11) is -5.10. The molecule has 1 rings (SSSR count). The molecule has 1 fully saturated rings. The Kier molecular flexibility index (Phi) is 26.6. The molecule has 1 aliphatic rings. The maximum atomic E-state index is 12.7. The van der Waals surface area contributed by atoms with Crippen molar-refractivity contribution < 1.29 is 63.1 Å². The summed E-state index contributed by atoms with van der Waals surface area (Å²) < 4.78 is 33.3. The zero-order chi connectivity index (χ0) is 37.2. The van der Waals surface area contributed by atoms with E-state index in [1.807, 2.05) is 0 Å². The molecule has 0 spiro atoms. The van der Waals surface area contributed by atoms with E-state index in [4.69, 9.17) is 18.5 Å². The Morgan fingerprint density at radius 2 is 0.900 bits per heavy atom. The van der Waals surface area contributed by atoms with Gasteiger partial charge in [-0.3, -0.25) is 18.6 Å². The van der Waals surface area contributed by atoms with Crippen LogP contribution in [0.25, 0.3) is 0 Å². The van der Waals surface area contributed by atoms with Gasteiger partial charge in [-0.1, -0.05) is 136 Å². The summed E-state index contributed by atoms with van der Waals surface area (Å²) in [5.74, 6) is -1.10. The molecule has 0 bridgehead atoms. The number of phosphoric ester groups is 1. The summed E-state index contributed by atoms with van der Waals surface area (Å²) in [4.78, 5) is 35.3. The highest BCUT2D eigenvalue weighted by Crippen LogP contribution is 2.47. The third kappa shape index (κ3) is 21.4. The normalized spacial score (nSPS) is 24.1. The van der Waals surface area contributed by atoms with E-state index < -0.39 is 75.7 Å². The predicted molar refractivity (Wildman–Crippen MR) is 189 cm³/mol. The van der Waals surface area contributed by atoms with Gasteiger partial charge in [-0.15, -0.1) is 0 Å². The van der Waals surface area contributed by atoms with Gasteiger partial charge in [-0.05, 0) is 12.8 Å². The van der Waals surface area contributed by atoms with Crippen LogP contribution in [0.1, 0.15) is 162 Å². The molecule has 1 aliphatic carbocycles. The molecule has 6 N–H and O–H groups in total. The van der Waals surface area contributed by atoms with Crippen LogP contribution < -0.4 is 0 Å². The van der Waals surface area contributed by atoms with Gasteiger partial charge < -0.3 is 39.9 Å². The number of aliphatic hydroxyl groups is 5. The lowest BCUT2D eigenvalue weighted by molar-refractivity contribution is -0.220. The van der Waals surface area contributed by atoms with Crippen LogP contribution in [-0.2, 0) is 32.7 Å². The van der Waals surface area contributed by atoms with Crippen LogP contribution in [-0.4, -0.2) is 98.3 Å². The average molecular weight is 741 g/mol. The quantitative estimate of drug-likeness (QED) is 0.0284. The minimum atomic E-state index is -5.10. The average Bonchev–Trinajstić information content (AvgIpc) is 3.09. The minimum Gasteiger partial charge on any atom is -0.462 e. The zero-order valence-corrected chi connectivity index (χ0v) is 31.6. The van der Waals surface area contributed by atoms with Gasteiger partial charge >= 0.3 is 19.8 Å². The van der Waals surface area contributed by atoms with E-state index in [0.29, 0.717) is 12.8 Å². The highest BCUT2D eigenvalue weighted by molar-refractivity contribution is 7.47. The number of ether oxygens (including phenoxy) is 2. The second kappa shape index (κ2) is 28.4. The van der Waals surface area contributed by atoms with Crippen LogP contribution in [0.5, 0.6) is 0 Å². The lowest BCUT2D eigenvalue weighted by Gasteiger charge is -2.41. The molecule has 13 nitrogen and oxygen atoms in total. The molecule has 14 heteroatoms. The molecule has 1 saturated carbocycles. The van der Waals surface area contributed by atoms with Gasteiger partial charge in [0.05, 0.1) is 6.61 Å². The van der Waals surface area contributed by atoms with Gasteiger partial charge in [-0.2, -0.15) is 0 Å². The van der Waals surface area contributed by atoms with Crippen LogP contribution in [0.4, 0.5) is 0 Å². The van der Waals surface area contributed by atoms with Crippen molar-refractivity contribution in [3.05, 3.63) is 0 Å². The number of esters is 2. The van der Waals surface area contributed by atoms with E-state index in [1.54, 1.807) is 0 Å². The summed E-state index contributed by atoms with van der Waals surface area (Å²) >= 11 is 0. The molecule has 0 aromatic rings. The van der Waals surface area contributed by atoms with E-state index in [-0.39, 0.29) is 12.8 Å². The number of unbranched alkanes of at least 4 members (excludes halogenated alkanes) is 19. The van der Waals surface area contributed by atoms with Crippen LogP contribution in [0, 0.1) is 0 Å². The molecule has 0 heterocycles. The fourth-order valence-corrected chi connectivity index (χ4v) is 6.96. The molecule has 0 radical (unpaired) electrons. The van der Waals surface area contributed by atoms with Crippen LogP contribution in [0.3, 0.4) is 0 Å². The molecule has 296 valence electrons. The van der Waals surface area contributed by atoms with Crippen LogP contribution in [0.15, 0.2) is 0 Å². The number of carbonyl (C=O) groups excluding carboxylic acids is 2. The smallest absolute Gasteiger partial charge is 0.462 e. The Balaban J connectivity index is 2.55. The number of aliphatic hydroxyl groups excluding tert-OH is 5. The van der Waals surface area contributed by atoms with E-state index in [9.17, 15) is 44.6 Å². The van der Waals surface area contributed by atoms with Crippen molar-refractivity contribution in [2.24, 2.45) is 0 Å². The van der Waals surface area contributed by atoms with Crippen molar-refractivity contribution in [3.63, 3.8) is 0 Å². The Labute approximate surface area is 300 Å². The molecule has 0 amide bonds. The predicted octanol–water partition coefficient (Wildman–Crippen LogP) is 5.77. The summed E-state index contributed by atoms with van der Waals surface area (Å²) in [6.45, 7) is 3.24. The van der Waals surface area contributed by atoms with Crippen LogP contribution in [0.2, 0.25) is 0 Å². The maximum Gasteiger partial charge on any atom is 0.472 e. The van der Waals surface area contributed by atoms with E-state index >= 15 is 0 Å². The first-order valence-corrected chi connectivity index (χ1v) is 20.8. The first-order valence-electron chi connectivity index (χ1n) is 19.3. The molecule has 0 saturated heterocycles. The Morgan fingerprint density at radius 1 is 0.540 bits per heavy atom. The van der Waals surface area contributed by atoms with E-state index in [2.05, 4.69) is 13.8 Å². The fourth-order valence-electron chi connectivity index (χ4n) is 5.99. The van der Waals surface area contributed by atoms with Crippen molar-refractivity contribution in [2.75, 3.05) is 13.2 Å². The van der Waals surface area contributed by atoms with Crippen molar-refractivity contribution in [3.8, 4) is 0 Å². The third-order valence-electron chi connectivity index (χ3n) is 9.20. The number of hydrogen-bond donors (Lipinski definition) is 6. The highest BCUT2D eigenvalue weighted by atomic mass is 31.2. The topological polar surface area (TPSA) is 210 Å². The van der Waals surface area contributed by atoms with E-state index in [0.717, 1.165) is 38.5 Å². The largest absolute Gasteiger partial charge is 0.472 e. The number of carbonyl (C=O) groups is 2. The molecule has 6 atom stereocenters. The van der Waals surface area contributed by atoms with Crippen molar-refractivity contribution in [1.82, 2.24) is 0 Å². The Bertz CT molecular complexity index is 906. The van der Waals surface area contributed by atoms with Crippen LogP contribution >= 0.6 is 7.82 Å². The molecule has 0 aromatic heterocycles. The van der Waals surface area contributed by atoms with E-state index in [1.165, 1.54) is 83.5 Å². The second-order valence-corrected chi connectivity index (χ2v) is 15.2. The third-order valence-corrected chi connectivity index (χ3v) is 10.2. The summed E-state index contributed by atoms with van der Waals surface area (Å²) in [6.07, 6.45) is 10.5. The molecular formula is C36H69O13P. The molecule has 6 unspecified atom stereocenters. The molecule has 50 heavy (non-hydrogen) atoms. The zero-order valence-electron chi connectivity index (χ0n) is 30.7. The fraction of sp³-hybridized carbons (Fsp3) is 0.944. The second-order valence-electron chi connectivity index (χ2n) is 13.8. The van der Waals surface area contributed by atoms with Crippen molar-refractivity contribution >= 4 is 19.8 Å². The highest BCUT2D eigenvalue weighted by Gasteiger charge is 2.51. The molecular weight excluding hydrogens is 671 g/mol. The summed E-state index contributed by atoms with van der Waals surface area (Å²) in [5, 5.41) is 49.8. The number of hydrogen-bond acceptors (Lipinski definition) is 12.